The molecule has 4 N–H and O–H groups in total. The number of nitrogens with two attached hydrogens (primary N) is 2. The lowest BCUT2D eigenvalue weighted by molar-refractivity contribution is -0.119. The zero-order chi connectivity index (χ0) is 21.3. The van der Waals surface area contributed by atoms with Crippen LogP contribution in [-0.4, -0.2) is 25.0 Å². The van der Waals surface area contributed by atoms with Crippen molar-refractivity contribution in [3.05, 3.63) is 76.5 Å². The molecule has 1 saturated heterocycles. The predicted octanol–water partition coefficient (Wildman–Crippen LogP) is 3.93. The molecule has 2 heterocycles. The fourth-order valence-corrected chi connectivity index (χ4v) is 4.18. The molecule has 0 radical (unpaired) electrons. The van der Waals surface area contributed by atoms with E-state index in [1.165, 1.54) is 12.8 Å². The molecule has 1 aliphatic heterocycles. The summed E-state index contributed by atoms with van der Waals surface area (Å²) in [5.41, 5.74) is 14.6. The molecule has 1 atom stereocenters. The topological polar surface area (TPSA) is 96.1 Å². The van der Waals surface area contributed by atoms with E-state index in [0.29, 0.717) is 6.42 Å². The van der Waals surface area contributed by atoms with Crippen LogP contribution in [0.1, 0.15) is 23.3 Å². The maximum atomic E-state index is 10.5. The average molecular weight is 419 g/mol. The van der Waals surface area contributed by atoms with Gasteiger partial charge in [-0.05, 0) is 47.5 Å². The van der Waals surface area contributed by atoms with Gasteiger partial charge in [-0.2, -0.15) is 5.26 Å². The van der Waals surface area contributed by atoms with Crippen molar-refractivity contribution in [1.29, 1.82) is 5.26 Å². The third-order valence-electron chi connectivity index (χ3n) is 5.04. The van der Waals surface area contributed by atoms with Gasteiger partial charge < -0.3 is 16.4 Å². The Balaban J connectivity index is 0.000000199. The highest BCUT2D eigenvalue weighted by Crippen LogP contribution is 2.29. The van der Waals surface area contributed by atoms with E-state index in [9.17, 15) is 10.1 Å². The molecule has 3 aromatic rings. The van der Waals surface area contributed by atoms with Gasteiger partial charge in [0.15, 0.2) is 0 Å². The van der Waals surface area contributed by atoms with Crippen molar-refractivity contribution in [3.8, 4) is 17.2 Å². The number of nitrogens with zero attached hydrogens (tertiary/aromatic N) is 2. The van der Waals surface area contributed by atoms with Gasteiger partial charge in [0.2, 0.25) is 5.91 Å². The number of hydrogen-bond donors (Lipinski definition) is 2. The summed E-state index contributed by atoms with van der Waals surface area (Å²) in [5, 5.41) is 11.3. The molecule has 6 heteroatoms. The van der Waals surface area contributed by atoms with E-state index in [-0.39, 0.29) is 0 Å². The summed E-state index contributed by atoms with van der Waals surface area (Å²) < 4.78 is 0. The van der Waals surface area contributed by atoms with Crippen LogP contribution in [0.25, 0.3) is 11.1 Å². The van der Waals surface area contributed by atoms with Crippen LogP contribution in [0.3, 0.4) is 0 Å². The van der Waals surface area contributed by atoms with Gasteiger partial charge in [0.1, 0.15) is 6.07 Å². The van der Waals surface area contributed by atoms with Crippen molar-refractivity contribution in [3.63, 3.8) is 0 Å². The van der Waals surface area contributed by atoms with Gasteiger partial charge in [-0.3, -0.25) is 4.79 Å². The van der Waals surface area contributed by atoms with Crippen LogP contribution in [0, 0.1) is 11.3 Å². The maximum absolute atomic E-state index is 10.5. The smallest absolute Gasteiger partial charge is 0.234 e. The minimum Gasteiger partial charge on any atom is -0.370 e. The first-order valence-electron chi connectivity index (χ1n) is 10.0. The van der Waals surface area contributed by atoms with Gasteiger partial charge in [0, 0.05) is 24.4 Å². The van der Waals surface area contributed by atoms with Crippen molar-refractivity contribution in [2.75, 3.05) is 18.0 Å². The summed E-state index contributed by atoms with van der Waals surface area (Å²) in [6.07, 6.45) is 3.00. The van der Waals surface area contributed by atoms with Crippen LogP contribution >= 0.6 is 11.3 Å². The molecule has 1 aliphatic rings. The van der Waals surface area contributed by atoms with E-state index in [4.69, 9.17) is 11.5 Å². The Labute approximate surface area is 181 Å². The lowest BCUT2D eigenvalue weighted by Crippen LogP contribution is -2.37. The second-order valence-corrected chi connectivity index (χ2v) is 8.23. The first kappa shape index (κ1) is 21.6. The fraction of sp³-hybridized carbons (Fsp3) is 0.250. The zero-order valence-electron chi connectivity index (χ0n) is 16.8. The number of hydrogen-bond acceptors (Lipinski definition) is 5. The maximum Gasteiger partial charge on any atom is 0.234 e. The van der Waals surface area contributed by atoms with Crippen LogP contribution in [0.15, 0.2) is 66.0 Å². The number of benzene rings is 2. The molecule has 5 nitrogen and oxygen atoms in total. The Kier molecular flexibility index (Phi) is 7.61. The number of nitriles is 1. The molecule has 2 aromatic carbocycles. The molecule has 0 saturated carbocycles. The van der Waals surface area contributed by atoms with Gasteiger partial charge in [-0.1, -0.05) is 42.5 Å². The molecule has 1 amide bonds. The molecular weight excluding hydrogens is 392 g/mol. The highest BCUT2D eigenvalue weighted by molar-refractivity contribution is 7.09. The molecule has 0 unspecified atom stereocenters. The largest absolute Gasteiger partial charge is 0.370 e. The Morgan fingerprint density at radius 2 is 1.80 bits per heavy atom. The summed E-state index contributed by atoms with van der Waals surface area (Å²) >= 11 is 1.58. The SMILES string of the molecule is N#Cc1cc(-c2ccccc2)ccc1N1CCCC1.NC(=O)[C@@H](N)Cc1cccs1. The van der Waals surface area contributed by atoms with Crippen LogP contribution in [0.4, 0.5) is 5.69 Å². The standard InChI is InChI=1S/C17H16N2.C7H10N2OS/c18-13-16-12-15(14-6-2-1-3-7-14)8-9-17(16)19-10-4-5-11-19;8-6(7(9)10)4-5-2-1-3-11-5/h1-3,6-9,12H,4-5,10-11H2;1-3,6H,4,8H2,(H2,9,10)/t;6-/m.0/s1. The van der Waals surface area contributed by atoms with E-state index in [0.717, 1.165) is 40.3 Å². The Morgan fingerprint density at radius 3 is 2.40 bits per heavy atom. The van der Waals surface area contributed by atoms with Gasteiger partial charge in [0.05, 0.1) is 17.3 Å². The highest BCUT2D eigenvalue weighted by Gasteiger charge is 2.16. The van der Waals surface area contributed by atoms with Gasteiger partial charge in [-0.25, -0.2) is 0 Å². The number of thiophene rings is 1. The second kappa shape index (κ2) is 10.6. The van der Waals surface area contributed by atoms with Crippen LogP contribution in [-0.2, 0) is 11.2 Å². The number of rotatable bonds is 5. The Bertz CT molecular complexity index is 990. The third-order valence-corrected chi connectivity index (χ3v) is 5.94. The summed E-state index contributed by atoms with van der Waals surface area (Å²) in [7, 11) is 0. The molecule has 0 spiro atoms. The number of anilines is 1. The molecular formula is C24H26N4OS. The van der Waals surface area contributed by atoms with Gasteiger partial charge in [0.25, 0.3) is 0 Å². The minimum atomic E-state index is -0.548. The molecule has 154 valence electrons. The van der Waals surface area contributed by atoms with E-state index in [1.54, 1.807) is 11.3 Å². The van der Waals surface area contributed by atoms with Gasteiger partial charge >= 0.3 is 0 Å². The average Bonchev–Trinajstić information content (AvgIpc) is 3.49. The molecule has 30 heavy (non-hydrogen) atoms. The predicted molar refractivity (Wildman–Crippen MR) is 123 cm³/mol. The highest BCUT2D eigenvalue weighted by atomic mass is 32.1. The molecule has 0 aliphatic carbocycles. The van der Waals surface area contributed by atoms with Crippen molar-refractivity contribution in [2.45, 2.75) is 25.3 Å². The van der Waals surface area contributed by atoms with Crippen molar-refractivity contribution >= 4 is 22.9 Å². The summed E-state index contributed by atoms with van der Waals surface area (Å²) in [5.74, 6) is -0.446. The Hall–Kier alpha value is -3.14. The number of amides is 1. The quantitative estimate of drug-likeness (QED) is 0.656. The summed E-state index contributed by atoms with van der Waals surface area (Å²) in [6, 6.07) is 22.1. The van der Waals surface area contributed by atoms with Crippen molar-refractivity contribution in [2.24, 2.45) is 11.5 Å². The number of carbonyl (C=O) groups excluding carboxylic acids is 1. The van der Waals surface area contributed by atoms with Gasteiger partial charge in [-0.15, -0.1) is 11.3 Å². The Morgan fingerprint density at radius 1 is 1.07 bits per heavy atom. The third kappa shape index (κ3) is 5.69. The molecule has 0 bridgehead atoms. The molecule has 4 rings (SSSR count). The van der Waals surface area contributed by atoms with Crippen LogP contribution < -0.4 is 16.4 Å². The number of primary amides is 1. The summed E-state index contributed by atoms with van der Waals surface area (Å²) in [4.78, 5) is 13.9. The first-order chi connectivity index (χ1) is 14.6. The molecule has 1 aromatic heterocycles. The van der Waals surface area contributed by atoms with Crippen molar-refractivity contribution < 1.29 is 4.79 Å². The van der Waals surface area contributed by atoms with E-state index in [1.807, 2.05) is 41.8 Å². The lowest BCUT2D eigenvalue weighted by atomic mass is 10.0. The van der Waals surface area contributed by atoms with E-state index >= 15 is 0 Å². The minimum absolute atomic E-state index is 0.446. The van der Waals surface area contributed by atoms with Crippen molar-refractivity contribution in [1.82, 2.24) is 0 Å². The first-order valence-corrected chi connectivity index (χ1v) is 10.9. The van der Waals surface area contributed by atoms with Crippen LogP contribution in [0.2, 0.25) is 0 Å². The molecule has 1 fully saturated rings. The number of carbonyl (C=O) groups is 1. The van der Waals surface area contributed by atoms with E-state index < -0.39 is 11.9 Å². The zero-order valence-corrected chi connectivity index (χ0v) is 17.6. The second-order valence-electron chi connectivity index (χ2n) is 7.20. The monoisotopic (exact) mass is 418 g/mol. The normalized spacial score (nSPS) is 13.8. The summed E-state index contributed by atoms with van der Waals surface area (Å²) in [6.45, 7) is 2.14. The fourth-order valence-electron chi connectivity index (χ4n) is 3.42. The van der Waals surface area contributed by atoms with E-state index in [2.05, 4.69) is 35.2 Å². The van der Waals surface area contributed by atoms with Crippen LogP contribution in [0.5, 0.6) is 0 Å². The lowest BCUT2D eigenvalue weighted by Gasteiger charge is -2.19.